The molecule has 26 heavy (non-hydrogen) atoms. The summed E-state index contributed by atoms with van der Waals surface area (Å²) in [4.78, 5) is 17.7. The summed E-state index contributed by atoms with van der Waals surface area (Å²) in [6, 6.07) is 21.6. The van der Waals surface area contributed by atoms with E-state index in [1.165, 1.54) is 5.56 Å². The monoisotopic (exact) mass is 347 g/mol. The zero-order valence-electron chi connectivity index (χ0n) is 15.1. The number of aryl methyl sites for hydroxylation is 2. The van der Waals surface area contributed by atoms with E-state index in [1.807, 2.05) is 86.8 Å². The van der Waals surface area contributed by atoms with Crippen molar-refractivity contribution >= 4 is 11.7 Å². The van der Waals surface area contributed by atoms with Crippen molar-refractivity contribution in [2.45, 2.75) is 20.4 Å². The summed E-state index contributed by atoms with van der Waals surface area (Å²) in [5.41, 5.74) is 3.26. The molecule has 3 rings (SSSR count). The molecule has 2 aromatic carbocycles. The van der Waals surface area contributed by atoms with Crippen LogP contribution in [0.1, 0.15) is 16.7 Å². The van der Waals surface area contributed by atoms with Gasteiger partial charge < -0.3 is 4.74 Å². The number of nitrogens with one attached hydrogen (secondary N) is 1. The first-order chi connectivity index (χ1) is 12.6. The van der Waals surface area contributed by atoms with Crippen molar-refractivity contribution in [3.8, 4) is 5.75 Å². The number of H-pyrrole nitrogens is 1. The van der Waals surface area contributed by atoms with Crippen LogP contribution in [-0.2, 0) is 11.3 Å². The number of hydrogen-bond donors (Lipinski definition) is 0. The fraction of sp³-hybridized carbons (Fsp3) is 0.182. The van der Waals surface area contributed by atoms with Crippen molar-refractivity contribution in [1.29, 1.82) is 0 Å². The standard InChI is InChI=1S/C22H22N2O2/c1-17-11-12-20(18(2)14-17)26-16-22(25)24(21-10-6-7-13-23-21)15-19-8-4-3-5-9-19/h3-14H,15-16H2,1-2H3/p+1. The van der Waals surface area contributed by atoms with E-state index in [0.717, 1.165) is 22.7 Å². The second-order valence-corrected chi connectivity index (χ2v) is 6.27. The van der Waals surface area contributed by atoms with Crippen LogP contribution < -0.4 is 14.6 Å². The van der Waals surface area contributed by atoms with Crippen molar-refractivity contribution < 1.29 is 14.5 Å². The number of carbonyl (C=O) groups excluding carboxylic acids is 1. The molecule has 0 saturated heterocycles. The van der Waals surface area contributed by atoms with E-state index in [1.54, 1.807) is 4.90 Å². The molecule has 132 valence electrons. The Hall–Kier alpha value is -3.14. The van der Waals surface area contributed by atoms with Crippen LogP contribution in [0.5, 0.6) is 5.75 Å². The number of anilines is 1. The van der Waals surface area contributed by atoms with E-state index in [9.17, 15) is 4.79 Å². The molecule has 0 bridgehead atoms. The average molecular weight is 347 g/mol. The second-order valence-electron chi connectivity index (χ2n) is 6.27. The minimum atomic E-state index is -0.101. The highest BCUT2D eigenvalue weighted by molar-refractivity contribution is 5.92. The summed E-state index contributed by atoms with van der Waals surface area (Å²) >= 11 is 0. The molecule has 0 radical (unpaired) electrons. The zero-order valence-corrected chi connectivity index (χ0v) is 15.1. The maximum absolute atomic E-state index is 12.9. The van der Waals surface area contributed by atoms with Crippen LogP contribution in [0.15, 0.2) is 72.9 Å². The molecule has 0 fully saturated rings. The summed E-state index contributed by atoms with van der Waals surface area (Å²) in [5.74, 6) is 1.38. The molecule has 0 aliphatic heterocycles. The van der Waals surface area contributed by atoms with Gasteiger partial charge in [0.05, 0.1) is 6.20 Å². The van der Waals surface area contributed by atoms with Crippen LogP contribution in [0.2, 0.25) is 0 Å². The van der Waals surface area contributed by atoms with Crippen molar-refractivity contribution in [3.63, 3.8) is 0 Å². The fourth-order valence-corrected chi connectivity index (χ4v) is 2.80. The smallest absolute Gasteiger partial charge is 0.347 e. The molecule has 3 aromatic rings. The van der Waals surface area contributed by atoms with Gasteiger partial charge in [-0.15, -0.1) is 0 Å². The average Bonchev–Trinajstić information content (AvgIpc) is 2.67. The maximum atomic E-state index is 12.9. The minimum absolute atomic E-state index is 0.0144. The lowest BCUT2D eigenvalue weighted by Crippen LogP contribution is -2.37. The molecule has 1 aromatic heterocycles. The van der Waals surface area contributed by atoms with Gasteiger partial charge in [0.15, 0.2) is 6.61 Å². The molecule has 4 nitrogen and oxygen atoms in total. The molecular formula is C22H23N2O2+. The number of rotatable bonds is 6. The number of carbonyl (C=O) groups is 1. The van der Waals surface area contributed by atoms with Gasteiger partial charge in [0.25, 0.3) is 5.82 Å². The highest BCUT2D eigenvalue weighted by Gasteiger charge is 2.25. The van der Waals surface area contributed by atoms with Gasteiger partial charge in [-0.25, -0.2) is 9.78 Å². The molecule has 0 unspecified atom stereocenters. The Morgan fingerprint density at radius 3 is 2.46 bits per heavy atom. The molecule has 0 aliphatic carbocycles. The van der Waals surface area contributed by atoms with Crippen LogP contribution in [0.3, 0.4) is 0 Å². The Bertz CT molecular complexity index is 864. The molecule has 1 amide bonds. The fourth-order valence-electron chi connectivity index (χ4n) is 2.80. The SMILES string of the molecule is Cc1ccc(OCC(=O)N(Cc2ccccc2)c2cccc[nH+]2)c(C)c1. The van der Waals surface area contributed by atoms with Crippen LogP contribution in [0, 0.1) is 13.8 Å². The molecule has 1 N–H and O–H groups in total. The Kier molecular flexibility index (Phi) is 5.64. The summed E-state index contributed by atoms with van der Waals surface area (Å²) < 4.78 is 5.79. The van der Waals surface area contributed by atoms with Crippen molar-refractivity contribution in [2.24, 2.45) is 0 Å². The van der Waals surface area contributed by atoms with Crippen molar-refractivity contribution in [1.82, 2.24) is 0 Å². The summed E-state index contributed by atoms with van der Waals surface area (Å²) in [7, 11) is 0. The van der Waals surface area contributed by atoms with E-state index in [4.69, 9.17) is 4.74 Å². The van der Waals surface area contributed by atoms with Gasteiger partial charge in [-0.3, -0.25) is 0 Å². The third-order valence-corrected chi connectivity index (χ3v) is 4.15. The highest BCUT2D eigenvalue weighted by Crippen LogP contribution is 2.19. The maximum Gasteiger partial charge on any atom is 0.347 e. The molecule has 0 aliphatic rings. The number of benzene rings is 2. The van der Waals surface area contributed by atoms with Gasteiger partial charge in [0.1, 0.15) is 12.3 Å². The Morgan fingerprint density at radius 2 is 1.77 bits per heavy atom. The van der Waals surface area contributed by atoms with E-state index in [2.05, 4.69) is 4.98 Å². The van der Waals surface area contributed by atoms with Crippen LogP contribution in [0.4, 0.5) is 5.82 Å². The van der Waals surface area contributed by atoms with E-state index < -0.39 is 0 Å². The largest absolute Gasteiger partial charge is 0.481 e. The van der Waals surface area contributed by atoms with Gasteiger partial charge >= 0.3 is 5.91 Å². The zero-order chi connectivity index (χ0) is 18.4. The lowest BCUT2D eigenvalue weighted by molar-refractivity contribution is -0.363. The number of aromatic nitrogens is 1. The van der Waals surface area contributed by atoms with Gasteiger partial charge in [0.2, 0.25) is 0 Å². The van der Waals surface area contributed by atoms with E-state index in [-0.39, 0.29) is 12.5 Å². The Labute approximate surface area is 154 Å². The molecule has 0 atom stereocenters. The van der Waals surface area contributed by atoms with Crippen LogP contribution in [0.25, 0.3) is 0 Å². The van der Waals surface area contributed by atoms with Crippen molar-refractivity contribution in [3.05, 3.63) is 89.6 Å². The van der Waals surface area contributed by atoms with Crippen molar-refractivity contribution in [2.75, 3.05) is 11.5 Å². The number of amides is 1. The van der Waals surface area contributed by atoms with Gasteiger partial charge in [0, 0.05) is 6.07 Å². The quantitative estimate of drug-likeness (QED) is 0.682. The first-order valence-corrected chi connectivity index (χ1v) is 8.64. The number of ether oxygens (including phenoxy) is 1. The minimum Gasteiger partial charge on any atom is -0.481 e. The summed E-state index contributed by atoms with van der Waals surface area (Å²) in [5, 5.41) is 0. The number of hydrogen-bond acceptors (Lipinski definition) is 2. The number of pyridine rings is 1. The number of nitrogens with zero attached hydrogens (tertiary/aromatic N) is 1. The summed E-state index contributed by atoms with van der Waals surface area (Å²) in [6.07, 6.45) is 1.81. The predicted octanol–water partition coefficient (Wildman–Crippen LogP) is 3.73. The lowest BCUT2D eigenvalue weighted by Gasteiger charge is -2.16. The van der Waals surface area contributed by atoms with Gasteiger partial charge in [-0.1, -0.05) is 54.1 Å². The van der Waals surface area contributed by atoms with Crippen LogP contribution in [-0.4, -0.2) is 12.5 Å². The topological polar surface area (TPSA) is 43.7 Å². The third-order valence-electron chi connectivity index (χ3n) is 4.15. The van der Waals surface area contributed by atoms with Crippen LogP contribution >= 0.6 is 0 Å². The van der Waals surface area contributed by atoms with Gasteiger partial charge in [-0.05, 0) is 37.1 Å². The molecule has 4 heteroatoms. The molecule has 1 heterocycles. The second kappa shape index (κ2) is 8.30. The van der Waals surface area contributed by atoms with E-state index in [0.29, 0.717) is 6.54 Å². The lowest BCUT2D eigenvalue weighted by atomic mass is 10.1. The predicted molar refractivity (Wildman–Crippen MR) is 102 cm³/mol. The summed E-state index contributed by atoms with van der Waals surface area (Å²) in [6.45, 7) is 4.49. The first kappa shape index (κ1) is 17.7. The van der Waals surface area contributed by atoms with E-state index >= 15 is 0 Å². The Morgan fingerprint density at radius 1 is 1.00 bits per heavy atom. The normalized spacial score (nSPS) is 10.4. The van der Waals surface area contributed by atoms with Gasteiger partial charge in [-0.2, -0.15) is 4.90 Å². The molecule has 0 saturated carbocycles. The molecule has 0 spiro atoms. The molecular weight excluding hydrogens is 324 g/mol. The Balaban J connectivity index is 1.76. The number of aromatic amines is 1. The third kappa shape index (κ3) is 4.48. The first-order valence-electron chi connectivity index (χ1n) is 8.64. The highest BCUT2D eigenvalue weighted by atomic mass is 16.5.